The lowest BCUT2D eigenvalue weighted by Crippen LogP contribution is -2.43. The Kier molecular flexibility index (Phi) is 5.55. The van der Waals surface area contributed by atoms with E-state index in [0.717, 1.165) is 11.1 Å². The van der Waals surface area contributed by atoms with Gasteiger partial charge in [0.25, 0.3) is 5.91 Å². The zero-order valence-electron chi connectivity index (χ0n) is 13.4. The fourth-order valence-corrected chi connectivity index (χ4v) is 2.84. The maximum Gasteiger partial charge on any atom is 0.391 e. The van der Waals surface area contributed by atoms with E-state index in [1.54, 1.807) is 6.07 Å². The van der Waals surface area contributed by atoms with Crippen molar-refractivity contribution in [1.29, 1.82) is 0 Å². The van der Waals surface area contributed by atoms with Gasteiger partial charge in [0.2, 0.25) is 0 Å². The molecule has 2 rings (SSSR count). The van der Waals surface area contributed by atoms with E-state index in [2.05, 4.69) is 5.32 Å². The van der Waals surface area contributed by atoms with Crippen LogP contribution < -0.4 is 10.1 Å². The number of rotatable bonds is 4. The van der Waals surface area contributed by atoms with Crippen LogP contribution in [0.25, 0.3) is 0 Å². The summed E-state index contributed by atoms with van der Waals surface area (Å²) in [4.78, 5) is 11.9. The van der Waals surface area contributed by atoms with E-state index < -0.39 is 18.1 Å². The molecule has 0 radical (unpaired) electrons. The molecule has 6 heteroatoms. The Hall–Kier alpha value is -1.72. The van der Waals surface area contributed by atoms with Gasteiger partial charge in [0.15, 0.2) is 6.61 Å². The van der Waals surface area contributed by atoms with Crippen molar-refractivity contribution in [1.82, 2.24) is 5.32 Å². The lowest BCUT2D eigenvalue weighted by atomic mass is 9.85. The highest BCUT2D eigenvalue weighted by molar-refractivity contribution is 5.77. The molecule has 128 valence electrons. The SMILES string of the molecule is Cc1ccc(OCC(=O)NC2CCCC(C(F)(F)F)C2)cc1C. The maximum atomic E-state index is 12.8. The van der Waals surface area contributed by atoms with Gasteiger partial charge < -0.3 is 10.1 Å². The van der Waals surface area contributed by atoms with Crippen LogP contribution in [0.3, 0.4) is 0 Å². The van der Waals surface area contributed by atoms with Crippen molar-refractivity contribution in [3.8, 4) is 5.75 Å². The number of hydrogen-bond donors (Lipinski definition) is 1. The van der Waals surface area contributed by atoms with Gasteiger partial charge in [-0.1, -0.05) is 12.5 Å². The van der Waals surface area contributed by atoms with Crippen molar-refractivity contribution in [3.05, 3.63) is 29.3 Å². The van der Waals surface area contributed by atoms with E-state index in [-0.39, 0.29) is 25.4 Å². The van der Waals surface area contributed by atoms with Crippen LogP contribution in [0.1, 0.15) is 36.8 Å². The Morgan fingerprint density at radius 1 is 1.26 bits per heavy atom. The number of benzene rings is 1. The van der Waals surface area contributed by atoms with Gasteiger partial charge in [0.05, 0.1) is 5.92 Å². The Bertz CT molecular complexity index is 557. The molecule has 0 spiro atoms. The average molecular weight is 329 g/mol. The molecule has 0 heterocycles. The zero-order valence-corrected chi connectivity index (χ0v) is 13.4. The molecule has 0 saturated heterocycles. The van der Waals surface area contributed by atoms with Crippen molar-refractivity contribution < 1.29 is 22.7 Å². The van der Waals surface area contributed by atoms with E-state index >= 15 is 0 Å². The molecule has 1 N–H and O–H groups in total. The second-order valence-corrected chi connectivity index (χ2v) is 6.20. The topological polar surface area (TPSA) is 38.3 Å². The summed E-state index contributed by atoms with van der Waals surface area (Å²) >= 11 is 0. The minimum atomic E-state index is -4.18. The number of hydrogen-bond acceptors (Lipinski definition) is 2. The van der Waals surface area contributed by atoms with Crippen LogP contribution in [0, 0.1) is 19.8 Å². The molecule has 1 fully saturated rings. The molecule has 2 atom stereocenters. The third-order valence-electron chi connectivity index (χ3n) is 4.35. The number of aryl methyl sites for hydroxylation is 2. The van der Waals surface area contributed by atoms with Gasteiger partial charge in [-0.2, -0.15) is 13.2 Å². The number of halogens is 3. The zero-order chi connectivity index (χ0) is 17.0. The van der Waals surface area contributed by atoms with E-state index in [1.165, 1.54) is 0 Å². The van der Waals surface area contributed by atoms with Gasteiger partial charge in [-0.05, 0) is 56.4 Å². The molecule has 0 bridgehead atoms. The summed E-state index contributed by atoms with van der Waals surface area (Å²) in [6.45, 7) is 3.74. The number of nitrogens with one attached hydrogen (secondary N) is 1. The highest BCUT2D eigenvalue weighted by Crippen LogP contribution is 2.37. The van der Waals surface area contributed by atoms with Crippen LogP contribution >= 0.6 is 0 Å². The summed E-state index contributed by atoms with van der Waals surface area (Å²) < 4.78 is 43.7. The lowest BCUT2D eigenvalue weighted by Gasteiger charge is -2.31. The molecular weight excluding hydrogens is 307 g/mol. The van der Waals surface area contributed by atoms with Gasteiger partial charge >= 0.3 is 6.18 Å². The molecular formula is C17H22F3NO2. The van der Waals surface area contributed by atoms with E-state index in [0.29, 0.717) is 18.6 Å². The number of carbonyl (C=O) groups is 1. The number of alkyl halides is 3. The molecule has 1 saturated carbocycles. The fourth-order valence-electron chi connectivity index (χ4n) is 2.84. The Morgan fingerprint density at radius 2 is 2.00 bits per heavy atom. The van der Waals surface area contributed by atoms with Crippen molar-refractivity contribution >= 4 is 5.91 Å². The van der Waals surface area contributed by atoms with Crippen LogP contribution in [0.15, 0.2) is 18.2 Å². The highest BCUT2D eigenvalue weighted by Gasteiger charge is 2.42. The van der Waals surface area contributed by atoms with Gasteiger partial charge in [0, 0.05) is 6.04 Å². The van der Waals surface area contributed by atoms with E-state index in [4.69, 9.17) is 4.74 Å². The molecule has 1 aliphatic rings. The predicted molar refractivity (Wildman–Crippen MR) is 81.4 cm³/mol. The summed E-state index contributed by atoms with van der Waals surface area (Å²) in [5.74, 6) is -1.11. The summed E-state index contributed by atoms with van der Waals surface area (Å²) in [6, 6.07) is 5.09. The van der Waals surface area contributed by atoms with Crippen LogP contribution in [0.5, 0.6) is 5.75 Å². The first-order valence-electron chi connectivity index (χ1n) is 7.82. The second kappa shape index (κ2) is 7.23. The third kappa shape index (κ3) is 5.15. The first-order chi connectivity index (χ1) is 10.8. The van der Waals surface area contributed by atoms with E-state index in [9.17, 15) is 18.0 Å². The van der Waals surface area contributed by atoms with Crippen molar-refractivity contribution in [3.63, 3.8) is 0 Å². The second-order valence-electron chi connectivity index (χ2n) is 6.20. The minimum absolute atomic E-state index is 0.0428. The number of ether oxygens (including phenoxy) is 1. The molecule has 0 aromatic heterocycles. The molecule has 1 aromatic carbocycles. The van der Waals surface area contributed by atoms with Crippen LogP contribution in [0.4, 0.5) is 13.2 Å². The third-order valence-corrected chi connectivity index (χ3v) is 4.35. The molecule has 3 nitrogen and oxygen atoms in total. The Balaban J connectivity index is 1.81. The fraction of sp³-hybridized carbons (Fsp3) is 0.588. The molecule has 23 heavy (non-hydrogen) atoms. The Morgan fingerprint density at radius 3 is 2.65 bits per heavy atom. The minimum Gasteiger partial charge on any atom is -0.484 e. The van der Waals surface area contributed by atoms with Crippen molar-refractivity contribution in [2.24, 2.45) is 5.92 Å². The Labute approximate surface area is 134 Å². The van der Waals surface area contributed by atoms with Crippen LogP contribution in [-0.2, 0) is 4.79 Å². The maximum absolute atomic E-state index is 12.8. The van der Waals surface area contributed by atoms with Gasteiger partial charge in [-0.3, -0.25) is 4.79 Å². The molecule has 1 amide bonds. The summed E-state index contributed by atoms with van der Waals surface area (Å²) in [6.07, 6.45) is -3.01. The van der Waals surface area contributed by atoms with E-state index in [1.807, 2.05) is 26.0 Å². The van der Waals surface area contributed by atoms with Crippen LogP contribution in [0.2, 0.25) is 0 Å². The van der Waals surface area contributed by atoms with Crippen LogP contribution in [-0.4, -0.2) is 24.7 Å². The molecule has 1 aliphatic carbocycles. The van der Waals surface area contributed by atoms with Gasteiger partial charge in [-0.25, -0.2) is 0 Å². The van der Waals surface area contributed by atoms with Gasteiger partial charge in [0.1, 0.15) is 5.75 Å². The smallest absolute Gasteiger partial charge is 0.391 e. The summed E-state index contributed by atoms with van der Waals surface area (Å²) in [5, 5.41) is 2.65. The molecule has 1 aromatic rings. The number of amides is 1. The average Bonchev–Trinajstić information content (AvgIpc) is 2.48. The lowest BCUT2D eigenvalue weighted by molar-refractivity contribution is -0.184. The first-order valence-corrected chi connectivity index (χ1v) is 7.82. The summed E-state index contributed by atoms with van der Waals surface area (Å²) in [7, 11) is 0. The predicted octanol–water partition coefficient (Wildman–Crippen LogP) is 3.92. The number of carbonyl (C=O) groups excluding carboxylic acids is 1. The van der Waals surface area contributed by atoms with Crippen molar-refractivity contribution in [2.75, 3.05) is 6.61 Å². The highest BCUT2D eigenvalue weighted by atomic mass is 19.4. The van der Waals surface area contributed by atoms with Gasteiger partial charge in [-0.15, -0.1) is 0 Å². The van der Waals surface area contributed by atoms with Crippen molar-refractivity contribution in [2.45, 2.75) is 51.7 Å². The quantitative estimate of drug-likeness (QED) is 0.909. The molecule has 0 aliphatic heterocycles. The standard InChI is InChI=1S/C17H22F3NO2/c1-11-6-7-15(8-12(11)2)23-10-16(22)21-14-5-3-4-13(9-14)17(18,19)20/h6-8,13-14H,3-5,9-10H2,1-2H3,(H,21,22). The monoisotopic (exact) mass is 329 g/mol. The normalized spacial score (nSPS) is 21.8. The first kappa shape index (κ1) is 17.6. The summed E-state index contributed by atoms with van der Waals surface area (Å²) in [5.41, 5.74) is 2.19. The molecule has 2 unspecified atom stereocenters. The largest absolute Gasteiger partial charge is 0.484 e.